The second kappa shape index (κ2) is 13.2. The summed E-state index contributed by atoms with van der Waals surface area (Å²) in [5.41, 5.74) is 3.12. The highest BCUT2D eigenvalue weighted by Gasteiger charge is 2.26. The van der Waals surface area contributed by atoms with Crippen molar-refractivity contribution in [3.8, 4) is 17.1 Å². The first-order valence-corrected chi connectivity index (χ1v) is 16.4. The van der Waals surface area contributed by atoms with Gasteiger partial charge in [0.1, 0.15) is 0 Å². The first kappa shape index (κ1) is 30.5. The number of aromatic nitrogens is 3. The molecule has 0 spiro atoms. The number of hydrogen-bond donors (Lipinski definition) is 1. The molecule has 9 nitrogen and oxygen atoms in total. The first-order valence-electron chi connectivity index (χ1n) is 13.3. The van der Waals surface area contributed by atoms with Crippen molar-refractivity contribution < 1.29 is 17.9 Å². The Morgan fingerprint density at radius 2 is 1.74 bits per heavy atom. The molecule has 1 fully saturated rings. The van der Waals surface area contributed by atoms with E-state index < -0.39 is 10.0 Å². The third-order valence-corrected chi connectivity index (χ3v) is 10.1. The molecule has 0 unspecified atom stereocenters. The van der Waals surface area contributed by atoms with E-state index in [-0.39, 0.29) is 22.5 Å². The molecule has 42 heavy (non-hydrogen) atoms. The molecular formula is C29H29Cl2N5O4S2. The Balaban J connectivity index is 1.36. The van der Waals surface area contributed by atoms with Crippen LogP contribution in [-0.4, -0.2) is 65.5 Å². The number of thioether (sulfide) groups is 1. The van der Waals surface area contributed by atoms with Gasteiger partial charge in [-0.15, -0.1) is 10.2 Å². The summed E-state index contributed by atoms with van der Waals surface area (Å²) in [6.07, 6.45) is 0. The number of morpholine rings is 1. The second-order valence-electron chi connectivity index (χ2n) is 9.86. The lowest BCUT2D eigenvalue weighted by atomic mass is 10.0. The molecule has 220 valence electrons. The molecule has 0 saturated carbocycles. The summed E-state index contributed by atoms with van der Waals surface area (Å²) in [4.78, 5) is 13.1. The lowest BCUT2D eigenvalue weighted by molar-refractivity contribution is -0.113. The lowest BCUT2D eigenvalue weighted by Crippen LogP contribution is -2.40. The van der Waals surface area contributed by atoms with Crippen LogP contribution in [-0.2, 0) is 19.6 Å². The molecule has 1 aliphatic heterocycles. The molecule has 1 aromatic heterocycles. The summed E-state index contributed by atoms with van der Waals surface area (Å²) in [5, 5.41) is 13.2. The van der Waals surface area contributed by atoms with Gasteiger partial charge in [0, 0.05) is 29.4 Å². The van der Waals surface area contributed by atoms with Gasteiger partial charge in [-0.25, -0.2) is 8.42 Å². The molecule has 0 atom stereocenters. The van der Waals surface area contributed by atoms with Crippen LogP contribution in [0.4, 0.5) is 5.69 Å². The Morgan fingerprint density at radius 3 is 2.43 bits per heavy atom. The normalized spacial score (nSPS) is 14.3. The van der Waals surface area contributed by atoms with Crippen molar-refractivity contribution in [2.24, 2.45) is 0 Å². The summed E-state index contributed by atoms with van der Waals surface area (Å²) in [6, 6.07) is 19.3. The number of hydrogen-bond acceptors (Lipinski definition) is 7. The number of benzene rings is 3. The molecule has 1 saturated heterocycles. The number of halogens is 2. The highest BCUT2D eigenvalue weighted by Crippen LogP contribution is 2.35. The maximum absolute atomic E-state index is 12.9. The first-order chi connectivity index (χ1) is 20.1. The number of para-hydroxylation sites is 1. The third-order valence-electron chi connectivity index (χ3n) is 6.68. The second-order valence-corrected chi connectivity index (χ2v) is 13.6. The number of carbonyl (C=O) groups is 1. The molecule has 3 aromatic carbocycles. The number of sulfonamides is 1. The third kappa shape index (κ3) is 6.66. The Hall–Kier alpha value is -2.93. The molecule has 4 aromatic rings. The van der Waals surface area contributed by atoms with E-state index in [0.717, 1.165) is 11.3 Å². The van der Waals surface area contributed by atoms with E-state index in [1.807, 2.05) is 22.8 Å². The zero-order chi connectivity index (χ0) is 29.9. The molecule has 0 radical (unpaired) electrons. The van der Waals surface area contributed by atoms with E-state index in [2.05, 4.69) is 35.4 Å². The fourth-order valence-electron chi connectivity index (χ4n) is 4.58. The SMILES string of the molecule is CC(C)c1ccccc1-n1c(SCC(=O)Nc2ccc(S(=O)(=O)N3CCOCC3)cc2)nnc1-c1ccc(Cl)cc1Cl. The number of carbonyl (C=O) groups excluding carboxylic acids is 1. The number of amides is 1. The van der Waals surface area contributed by atoms with Gasteiger partial charge in [0.05, 0.1) is 34.6 Å². The molecule has 0 aliphatic carbocycles. The zero-order valence-corrected chi connectivity index (χ0v) is 26.1. The van der Waals surface area contributed by atoms with Crippen LogP contribution in [0.2, 0.25) is 10.0 Å². The molecule has 13 heteroatoms. The highest BCUT2D eigenvalue weighted by atomic mass is 35.5. The Kier molecular flexibility index (Phi) is 9.56. The van der Waals surface area contributed by atoms with Crippen molar-refractivity contribution in [3.63, 3.8) is 0 Å². The molecule has 2 heterocycles. The number of anilines is 1. The van der Waals surface area contributed by atoms with Crippen molar-refractivity contribution in [1.82, 2.24) is 19.1 Å². The van der Waals surface area contributed by atoms with Gasteiger partial charge in [-0.1, -0.05) is 67.0 Å². The molecule has 1 aliphatic rings. The number of nitrogens with zero attached hydrogens (tertiary/aromatic N) is 4. The fourth-order valence-corrected chi connectivity index (χ4v) is 7.22. The molecular weight excluding hydrogens is 617 g/mol. The van der Waals surface area contributed by atoms with Gasteiger partial charge >= 0.3 is 0 Å². The van der Waals surface area contributed by atoms with Crippen LogP contribution >= 0.6 is 35.0 Å². The van der Waals surface area contributed by atoms with Crippen LogP contribution in [0.1, 0.15) is 25.3 Å². The molecule has 1 N–H and O–H groups in total. The van der Waals surface area contributed by atoms with Crippen LogP contribution in [0, 0.1) is 0 Å². The van der Waals surface area contributed by atoms with E-state index in [4.69, 9.17) is 27.9 Å². The van der Waals surface area contributed by atoms with Crippen molar-refractivity contribution in [2.45, 2.75) is 29.8 Å². The number of rotatable bonds is 9. The van der Waals surface area contributed by atoms with E-state index >= 15 is 0 Å². The smallest absolute Gasteiger partial charge is 0.243 e. The zero-order valence-electron chi connectivity index (χ0n) is 23.0. The fraction of sp³-hybridized carbons (Fsp3) is 0.276. The van der Waals surface area contributed by atoms with E-state index in [1.54, 1.807) is 30.3 Å². The quantitative estimate of drug-likeness (QED) is 0.219. The minimum absolute atomic E-state index is 0.0458. The minimum Gasteiger partial charge on any atom is -0.379 e. The van der Waals surface area contributed by atoms with Gasteiger partial charge in [-0.05, 0) is 60.0 Å². The van der Waals surface area contributed by atoms with Crippen LogP contribution in [0.25, 0.3) is 17.1 Å². The molecule has 5 rings (SSSR count). The van der Waals surface area contributed by atoms with Gasteiger partial charge in [0.15, 0.2) is 11.0 Å². The van der Waals surface area contributed by atoms with Crippen LogP contribution in [0.5, 0.6) is 0 Å². The largest absolute Gasteiger partial charge is 0.379 e. The van der Waals surface area contributed by atoms with Crippen LogP contribution in [0.15, 0.2) is 76.8 Å². The number of ether oxygens (including phenoxy) is 1. The van der Waals surface area contributed by atoms with Gasteiger partial charge < -0.3 is 10.1 Å². The minimum atomic E-state index is -3.62. The average molecular weight is 647 g/mol. The van der Waals surface area contributed by atoms with E-state index in [0.29, 0.717) is 58.6 Å². The monoisotopic (exact) mass is 645 g/mol. The summed E-state index contributed by atoms with van der Waals surface area (Å²) in [6.45, 7) is 5.59. The summed E-state index contributed by atoms with van der Waals surface area (Å²) in [7, 11) is -3.62. The van der Waals surface area contributed by atoms with Crippen LogP contribution < -0.4 is 5.32 Å². The van der Waals surface area contributed by atoms with E-state index in [9.17, 15) is 13.2 Å². The Bertz CT molecular complexity index is 1690. The topological polar surface area (TPSA) is 106 Å². The lowest BCUT2D eigenvalue weighted by Gasteiger charge is -2.26. The maximum Gasteiger partial charge on any atom is 0.243 e. The van der Waals surface area contributed by atoms with Crippen molar-refractivity contribution >= 4 is 56.6 Å². The Morgan fingerprint density at radius 1 is 1.02 bits per heavy atom. The number of nitrogens with one attached hydrogen (secondary N) is 1. The van der Waals surface area contributed by atoms with Gasteiger partial charge in [-0.2, -0.15) is 4.31 Å². The summed E-state index contributed by atoms with van der Waals surface area (Å²) >= 11 is 13.9. The molecule has 0 bridgehead atoms. The Labute approximate surface area is 259 Å². The highest BCUT2D eigenvalue weighted by molar-refractivity contribution is 7.99. The predicted octanol–water partition coefficient (Wildman–Crippen LogP) is 6.12. The van der Waals surface area contributed by atoms with Gasteiger partial charge in [-0.3, -0.25) is 9.36 Å². The predicted molar refractivity (Wildman–Crippen MR) is 166 cm³/mol. The van der Waals surface area contributed by atoms with Crippen molar-refractivity contribution in [3.05, 3.63) is 82.3 Å². The molecule has 1 amide bonds. The van der Waals surface area contributed by atoms with Crippen molar-refractivity contribution in [2.75, 3.05) is 37.4 Å². The van der Waals surface area contributed by atoms with Gasteiger partial charge in [0.25, 0.3) is 0 Å². The van der Waals surface area contributed by atoms with Crippen LogP contribution in [0.3, 0.4) is 0 Å². The summed E-state index contributed by atoms with van der Waals surface area (Å²) < 4.78 is 34.3. The average Bonchev–Trinajstić information content (AvgIpc) is 3.40. The van der Waals surface area contributed by atoms with Gasteiger partial charge in [0.2, 0.25) is 15.9 Å². The van der Waals surface area contributed by atoms with Crippen molar-refractivity contribution in [1.29, 1.82) is 0 Å². The summed E-state index contributed by atoms with van der Waals surface area (Å²) in [5.74, 6) is 0.518. The standard InChI is InChI=1S/C29H29Cl2N5O4S2/c1-19(2)23-5-3-4-6-26(23)36-28(24-12-7-20(30)17-25(24)31)33-34-29(36)41-18-27(37)32-21-8-10-22(11-9-21)42(38,39)35-13-15-40-16-14-35/h3-12,17,19H,13-16,18H2,1-2H3,(H,32,37). The maximum atomic E-state index is 12.9. The van der Waals surface area contributed by atoms with E-state index in [1.165, 1.54) is 28.2 Å².